The first-order valence-electron chi connectivity index (χ1n) is 7.43. The largest absolute Gasteiger partial charge is 0.444 e. The number of thioether (sulfide) groups is 1. The van der Waals surface area contributed by atoms with E-state index in [4.69, 9.17) is 4.74 Å². The number of rotatable bonds is 5. The molecule has 1 N–H and O–H groups in total. The molecule has 0 fully saturated rings. The van der Waals surface area contributed by atoms with Crippen molar-refractivity contribution in [3.8, 4) is 0 Å². The molecular formula is C17H25NO3S. The SMILES string of the molecule is CC(C)C[C@H](NC(=O)OC(C)(C)C)C(=O)Sc1ccccc1. The smallest absolute Gasteiger partial charge is 0.408 e. The van der Waals surface area contributed by atoms with Crippen molar-refractivity contribution in [2.24, 2.45) is 5.92 Å². The summed E-state index contributed by atoms with van der Waals surface area (Å²) in [4.78, 5) is 25.2. The van der Waals surface area contributed by atoms with Crippen molar-refractivity contribution < 1.29 is 14.3 Å². The van der Waals surface area contributed by atoms with E-state index >= 15 is 0 Å². The summed E-state index contributed by atoms with van der Waals surface area (Å²) in [5.74, 6) is 0.292. The molecule has 1 rings (SSSR count). The number of nitrogens with one attached hydrogen (secondary N) is 1. The molecule has 1 atom stereocenters. The van der Waals surface area contributed by atoms with Gasteiger partial charge in [0.25, 0.3) is 0 Å². The van der Waals surface area contributed by atoms with Crippen LogP contribution in [0.1, 0.15) is 41.0 Å². The van der Waals surface area contributed by atoms with Gasteiger partial charge >= 0.3 is 6.09 Å². The molecule has 5 heteroatoms. The molecule has 0 saturated heterocycles. The van der Waals surface area contributed by atoms with Gasteiger partial charge in [-0.3, -0.25) is 4.79 Å². The molecule has 0 aliphatic heterocycles. The van der Waals surface area contributed by atoms with Gasteiger partial charge in [0.1, 0.15) is 11.6 Å². The van der Waals surface area contributed by atoms with Crippen LogP contribution in [-0.4, -0.2) is 22.9 Å². The van der Waals surface area contributed by atoms with Crippen LogP contribution in [0.5, 0.6) is 0 Å². The lowest BCUT2D eigenvalue weighted by Gasteiger charge is -2.23. The fraction of sp³-hybridized carbons (Fsp3) is 0.529. The molecule has 0 heterocycles. The molecule has 0 radical (unpaired) electrons. The molecule has 22 heavy (non-hydrogen) atoms. The lowest BCUT2D eigenvalue weighted by molar-refractivity contribution is -0.113. The lowest BCUT2D eigenvalue weighted by Crippen LogP contribution is -2.43. The molecule has 0 bridgehead atoms. The summed E-state index contributed by atoms with van der Waals surface area (Å²) in [7, 11) is 0. The maximum absolute atomic E-state index is 12.4. The van der Waals surface area contributed by atoms with Crippen LogP contribution in [-0.2, 0) is 9.53 Å². The zero-order valence-electron chi connectivity index (χ0n) is 13.9. The standard InChI is InChI=1S/C17H25NO3S/c1-12(2)11-14(18-16(20)21-17(3,4)5)15(19)22-13-9-7-6-8-10-13/h6-10,12,14H,11H2,1-5H3,(H,18,20)/t14-/m0/s1. The highest BCUT2D eigenvalue weighted by atomic mass is 32.2. The normalized spacial score (nSPS) is 12.8. The first-order valence-corrected chi connectivity index (χ1v) is 8.25. The summed E-state index contributed by atoms with van der Waals surface area (Å²) in [6.45, 7) is 9.42. The number of ether oxygens (including phenoxy) is 1. The molecule has 0 unspecified atom stereocenters. The second-order valence-electron chi connectivity index (χ2n) is 6.56. The van der Waals surface area contributed by atoms with E-state index in [0.717, 1.165) is 16.7 Å². The monoisotopic (exact) mass is 323 g/mol. The predicted octanol–water partition coefficient (Wildman–Crippen LogP) is 4.24. The van der Waals surface area contributed by atoms with E-state index in [1.807, 2.05) is 44.2 Å². The number of benzene rings is 1. The van der Waals surface area contributed by atoms with E-state index in [0.29, 0.717) is 12.3 Å². The predicted molar refractivity (Wildman–Crippen MR) is 89.9 cm³/mol. The zero-order chi connectivity index (χ0) is 16.8. The molecule has 1 aromatic carbocycles. The molecule has 0 aliphatic carbocycles. The van der Waals surface area contributed by atoms with Gasteiger partial charge in [-0.1, -0.05) is 32.0 Å². The van der Waals surface area contributed by atoms with E-state index in [-0.39, 0.29) is 5.12 Å². The Morgan fingerprint density at radius 3 is 2.27 bits per heavy atom. The fourth-order valence-electron chi connectivity index (χ4n) is 1.81. The highest BCUT2D eigenvalue weighted by Crippen LogP contribution is 2.22. The summed E-state index contributed by atoms with van der Waals surface area (Å²) in [6, 6.07) is 8.87. The summed E-state index contributed by atoms with van der Waals surface area (Å²) in [6.07, 6.45) is 0.0259. The minimum absolute atomic E-state index is 0.0780. The second-order valence-corrected chi connectivity index (χ2v) is 7.64. The first-order chi connectivity index (χ1) is 10.2. The van der Waals surface area contributed by atoms with Crippen LogP contribution < -0.4 is 5.32 Å². The summed E-state index contributed by atoms with van der Waals surface area (Å²) in [5.41, 5.74) is -0.581. The number of carbonyl (C=O) groups is 2. The third-order valence-corrected chi connectivity index (χ3v) is 3.64. The van der Waals surface area contributed by atoms with Gasteiger partial charge in [-0.25, -0.2) is 4.79 Å². The fourth-order valence-corrected chi connectivity index (χ4v) is 2.63. The van der Waals surface area contributed by atoms with Gasteiger partial charge in [0.15, 0.2) is 0 Å². The van der Waals surface area contributed by atoms with Crippen molar-refractivity contribution in [2.45, 2.75) is 57.6 Å². The highest BCUT2D eigenvalue weighted by molar-refractivity contribution is 8.13. The van der Waals surface area contributed by atoms with Crippen molar-refractivity contribution in [3.63, 3.8) is 0 Å². The third kappa shape index (κ3) is 7.50. The third-order valence-electron chi connectivity index (χ3n) is 2.64. The van der Waals surface area contributed by atoms with Gasteiger partial charge < -0.3 is 10.1 Å². The lowest BCUT2D eigenvalue weighted by atomic mass is 10.1. The van der Waals surface area contributed by atoms with Crippen LogP contribution in [0.4, 0.5) is 4.79 Å². The zero-order valence-corrected chi connectivity index (χ0v) is 14.7. The van der Waals surface area contributed by atoms with Gasteiger partial charge in [-0.05, 0) is 57.0 Å². The first kappa shape index (κ1) is 18.6. The van der Waals surface area contributed by atoms with Crippen LogP contribution in [0.15, 0.2) is 35.2 Å². The number of amides is 1. The molecule has 4 nitrogen and oxygen atoms in total. The Bertz CT molecular complexity index is 494. The molecule has 0 aliphatic rings. The van der Waals surface area contributed by atoms with Crippen molar-refractivity contribution >= 4 is 23.0 Å². The minimum atomic E-state index is -0.581. The average Bonchev–Trinajstić information content (AvgIpc) is 2.36. The van der Waals surface area contributed by atoms with Gasteiger partial charge in [0.2, 0.25) is 5.12 Å². The maximum atomic E-state index is 12.4. The molecule has 122 valence electrons. The van der Waals surface area contributed by atoms with Crippen LogP contribution in [0, 0.1) is 5.92 Å². The van der Waals surface area contributed by atoms with Gasteiger partial charge in [0.05, 0.1) is 0 Å². The number of hydrogen-bond donors (Lipinski definition) is 1. The Hall–Kier alpha value is -1.49. The van der Waals surface area contributed by atoms with Crippen LogP contribution in [0.25, 0.3) is 0 Å². The number of alkyl carbamates (subject to hydrolysis) is 1. The van der Waals surface area contributed by atoms with E-state index in [2.05, 4.69) is 5.32 Å². The van der Waals surface area contributed by atoms with Gasteiger partial charge in [-0.2, -0.15) is 0 Å². The maximum Gasteiger partial charge on any atom is 0.408 e. The van der Waals surface area contributed by atoms with Crippen molar-refractivity contribution in [3.05, 3.63) is 30.3 Å². The topological polar surface area (TPSA) is 55.4 Å². The quantitative estimate of drug-likeness (QED) is 0.823. The summed E-state index contributed by atoms with van der Waals surface area (Å²) >= 11 is 1.14. The van der Waals surface area contributed by atoms with Crippen molar-refractivity contribution in [1.29, 1.82) is 0 Å². The Kier molecular flexibility index (Phi) is 6.94. The molecule has 0 spiro atoms. The van der Waals surface area contributed by atoms with E-state index < -0.39 is 17.7 Å². The molecule has 0 saturated carbocycles. The minimum Gasteiger partial charge on any atom is -0.444 e. The molecular weight excluding hydrogens is 298 g/mol. The Labute approximate surface area is 137 Å². The van der Waals surface area contributed by atoms with E-state index in [1.165, 1.54) is 0 Å². The van der Waals surface area contributed by atoms with Gasteiger partial charge in [0, 0.05) is 4.90 Å². The average molecular weight is 323 g/mol. The Morgan fingerprint density at radius 2 is 1.77 bits per heavy atom. The molecule has 1 amide bonds. The summed E-state index contributed by atoms with van der Waals surface area (Å²) in [5, 5.41) is 2.62. The number of hydrogen-bond acceptors (Lipinski definition) is 4. The van der Waals surface area contributed by atoms with Crippen molar-refractivity contribution in [1.82, 2.24) is 5.32 Å². The van der Waals surface area contributed by atoms with E-state index in [1.54, 1.807) is 20.8 Å². The Morgan fingerprint density at radius 1 is 1.18 bits per heavy atom. The van der Waals surface area contributed by atoms with Crippen LogP contribution in [0.2, 0.25) is 0 Å². The van der Waals surface area contributed by atoms with E-state index in [9.17, 15) is 9.59 Å². The van der Waals surface area contributed by atoms with Crippen LogP contribution in [0.3, 0.4) is 0 Å². The molecule has 1 aromatic rings. The summed E-state index contributed by atoms with van der Waals surface area (Å²) < 4.78 is 5.24. The number of carbonyl (C=O) groups excluding carboxylic acids is 2. The van der Waals surface area contributed by atoms with Gasteiger partial charge in [-0.15, -0.1) is 0 Å². The molecule has 0 aromatic heterocycles. The van der Waals surface area contributed by atoms with Crippen LogP contribution >= 0.6 is 11.8 Å². The van der Waals surface area contributed by atoms with Crippen molar-refractivity contribution in [2.75, 3.05) is 0 Å². The Balaban J connectivity index is 2.71. The highest BCUT2D eigenvalue weighted by Gasteiger charge is 2.25. The second kappa shape index (κ2) is 8.22.